The highest BCUT2D eigenvalue weighted by molar-refractivity contribution is 5.95. The van der Waals surface area contributed by atoms with E-state index in [1.165, 1.54) is 0 Å². The van der Waals surface area contributed by atoms with Gasteiger partial charge in [0.05, 0.1) is 0 Å². The van der Waals surface area contributed by atoms with Gasteiger partial charge in [-0.1, -0.05) is 30.3 Å². The van der Waals surface area contributed by atoms with Crippen molar-refractivity contribution in [3.8, 4) is 0 Å². The van der Waals surface area contributed by atoms with Gasteiger partial charge in [0.25, 0.3) is 11.8 Å². The van der Waals surface area contributed by atoms with Crippen LogP contribution in [0.5, 0.6) is 0 Å². The van der Waals surface area contributed by atoms with Crippen LogP contribution in [0.15, 0.2) is 66.7 Å². The molecule has 2 fully saturated rings. The van der Waals surface area contributed by atoms with E-state index in [1.54, 1.807) is 30.3 Å². The predicted molar refractivity (Wildman–Crippen MR) is 138 cm³/mol. The summed E-state index contributed by atoms with van der Waals surface area (Å²) in [5.41, 5.74) is 8.46. The Morgan fingerprint density at radius 3 is 2.24 bits per heavy atom. The summed E-state index contributed by atoms with van der Waals surface area (Å²) < 4.78 is 41.1. The maximum Gasteiger partial charge on any atom is 0.254 e. The summed E-state index contributed by atoms with van der Waals surface area (Å²) in [6, 6.07) is 17.3. The smallest absolute Gasteiger partial charge is 0.254 e. The van der Waals surface area contributed by atoms with Crippen LogP contribution < -0.4 is 11.1 Å². The predicted octanol–water partition coefficient (Wildman–Crippen LogP) is 4.99. The SMILES string of the molecule is N[C@H](Cc1cc(F)c(F)cc1F)[C@@H]1C[C@H]2CC[C@@H](C1)N2C(=O)c1cccc(CNC(=O)c2ccccc2)c1. The molecule has 5 rings (SSSR count). The van der Waals surface area contributed by atoms with Crippen LogP contribution in [0.4, 0.5) is 13.2 Å². The Morgan fingerprint density at radius 1 is 0.868 bits per heavy atom. The van der Waals surface area contributed by atoms with Crippen molar-refractivity contribution in [3.63, 3.8) is 0 Å². The standard InChI is InChI=1S/C30H30F3N3O2/c31-25-16-27(33)26(32)14-21(25)15-28(34)22-12-23-9-10-24(13-22)36(23)30(38)20-8-4-5-18(11-20)17-35-29(37)19-6-2-1-3-7-19/h1-8,11,14,16,22-24,28H,9-10,12-13,15,17,34H2,(H,35,37)/t22-,23-,24+,28-/m1/s1. The van der Waals surface area contributed by atoms with Crippen molar-refractivity contribution >= 4 is 11.8 Å². The Bertz CT molecular complexity index is 1320. The molecule has 0 saturated carbocycles. The number of nitrogens with one attached hydrogen (secondary N) is 1. The lowest BCUT2D eigenvalue weighted by atomic mass is 9.82. The number of carbonyl (C=O) groups is 2. The zero-order valence-electron chi connectivity index (χ0n) is 20.9. The maximum absolute atomic E-state index is 14.2. The lowest BCUT2D eigenvalue weighted by Crippen LogP contribution is -2.50. The average molecular weight is 522 g/mol. The van der Waals surface area contributed by atoms with E-state index in [0.29, 0.717) is 36.6 Å². The first-order valence-electron chi connectivity index (χ1n) is 12.9. The molecule has 5 nitrogen and oxygen atoms in total. The van der Waals surface area contributed by atoms with Crippen LogP contribution in [0.25, 0.3) is 0 Å². The van der Waals surface area contributed by atoms with Gasteiger partial charge >= 0.3 is 0 Å². The first kappa shape index (κ1) is 26.0. The first-order chi connectivity index (χ1) is 18.3. The highest BCUT2D eigenvalue weighted by Crippen LogP contribution is 2.41. The number of piperidine rings is 1. The van der Waals surface area contributed by atoms with Crippen molar-refractivity contribution in [3.05, 3.63) is 106 Å². The van der Waals surface area contributed by atoms with Gasteiger partial charge < -0.3 is 16.0 Å². The number of hydrogen-bond acceptors (Lipinski definition) is 3. The van der Waals surface area contributed by atoms with E-state index in [9.17, 15) is 22.8 Å². The molecule has 3 aromatic carbocycles. The quantitative estimate of drug-likeness (QED) is 0.431. The molecular formula is C30H30F3N3O2. The Morgan fingerprint density at radius 2 is 1.53 bits per heavy atom. The summed E-state index contributed by atoms with van der Waals surface area (Å²) >= 11 is 0. The fourth-order valence-corrected chi connectivity index (χ4v) is 5.88. The van der Waals surface area contributed by atoms with Gasteiger partial charge in [-0.2, -0.15) is 0 Å². The van der Waals surface area contributed by atoms with Crippen LogP contribution in [-0.4, -0.2) is 34.8 Å². The summed E-state index contributed by atoms with van der Waals surface area (Å²) in [6.45, 7) is 0.305. The van der Waals surface area contributed by atoms with E-state index in [2.05, 4.69) is 5.32 Å². The highest BCUT2D eigenvalue weighted by Gasteiger charge is 2.44. The van der Waals surface area contributed by atoms with Crippen molar-refractivity contribution in [2.45, 2.75) is 56.8 Å². The van der Waals surface area contributed by atoms with E-state index in [4.69, 9.17) is 5.73 Å². The fraction of sp³-hybridized carbons (Fsp3) is 0.333. The number of amides is 2. The molecule has 0 unspecified atom stereocenters. The Kier molecular flexibility index (Phi) is 7.51. The third-order valence-corrected chi connectivity index (χ3v) is 7.82. The topological polar surface area (TPSA) is 75.4 Å². The molecule has 198 valence electrons. The molecule has 3 N–H and O–H groups in total. The molecule has 0 spiro atoms. The molecule has 2 saturated heterocycles. The number of benzene rings is 3. The number of fused-ring (bicyclic) bond motifs is 2. The van der Waals surface area contributed by atoms with Crippen molar-refractivity contribution in [2.75, 3.05) is 0 Å². The van der Waals surface area contributed by atoms with Gasteiger partial charge in [-0.15, -0.1) is 0 Å². The van der Waals surface area contributed by atoms with E-state index in [0.717, 1.165) is 24.5 Å². The molecular weight excluding hydrogens is 491 g/mol. The molecule has 0 aliphatic carbocycles. The van der Waals surface area contributed by atoms with E-state index < -0.39 is 23.5 Å². The number of halogens is 3. The van der Waals surface area contributed by atoms with Crippen LogP contribution in [0.2, 0.25) is 0 Å². The summed E-state index contributed by atoms with van der Waals surface area (Å²) in [5.74, 6) is -3.28. The fourth-order valence-electron chi connectivity index (χ4n) is 5.88. The Labute approximate surface area is 219 Å². The van der Waals surface area contributed by atoms with Gasteiger partial charge in [0, 0.05) is 41.9 Å². The molecule has 0 radical (unpaired) electrons. The summed E-state index contributed by atoms with van der Waals surface area (Å²) in [7, 11) is 0. The van der Waals surface area contributed by atoms with Gasteiger partial charge in [0.1, 0.15) is 5.82 Å². The maximum atomic E-state index is 14.2. The summed E-state index contributed by atoms with van der Waals surface area (Å²) in [4.78, 5) is 27.9. The van der Waals surface area contributed by atoms with Crippen LogP contribution in [0.1, 0.15) is 57.5 Å². The largest absolute Gasteiger partial charge is 0.348 e. The zero-order valence-corrected chi connectivity index (χ0v) is 20.9. The normalized spacial score (nSPS) is 21.3. The number of hydrogen-bond donors (Lipinski definition) is 2. The molecule has 2 aliphatic rings. The zero-order chi connectivity index (χ0) is 26.8. The average Bonchev–Trinajstić information content (AvgIpc) is 3.19. The van der Waals surface area contributed by atoms with Gasteiger partial charge in [0.15, 0.2) is 11.6 Å². The number of rotatable bonds is 7. The molecule has 2 aliphatic heterocycles. The van der Waals surface area contributed by atoms with Crippen LogP contribution in [0.3, 0.4) is 0 Å². The van der Waals surface area contributed by atoms with Crippen LogP contribution in [0, 0.1) is 23.4 Å². The van der Waals surface area contributed by atoms with Gasteiger partial charge in [-0.25, -0.2) is 13.2 Å². The molecule has 2 amide bonds. The molecule has 2 heterocycles. The van der Waals surface area contributed by atoms with Gasteiger partial charge in [-0.3, -0.25) is 9.59 Å². The molecule has 38 heavy (non-hydrogen) atoms. The van der Waals surface area contributed by atoms with Crippen molar-refractivity contribution < 1.29 is 22.8 Å². The summed E-state index contributed by atoms with van der Waals surface area (Å²) in [6.07, 6.45) is 3.21. The molecule has 8 heteroatoms. The third kappa shape index (κ3) is 5.45. The monoisotopic (exact) mass is 521 g/mol. The minimum atomic E-state index is -1.22. The molecule has 2 bridgehead atoms. The lowest BCUT2D eigenvalue weighted by Gasteiger charge is -2.41. The second-order valence-corrected chi connectivity index (χ2v) is 10.3. The number of nitrogens with zero attached hydrogens (tertiary/aromatic N) is 1. The third-order valence-electron chi connectivity index (χ3n) is 7.82. The minimum absolute atomic E-state index is 0.0218. The highest BCUT2D eigenvalue weighted by atomic mass is 19.2. The first-order valence-corrected chi connectivity index (χ1v) is 12.9. The molecule has 3 aromatic rings. The van der Waals surface area contributed by atoms with Crippen LogP contribution >= 0.6 is 0 Å². The Balaban J connectivity index is 1.22. The van der Waals surface area contributed by atoms with Crippen molar-refractivity contribution in [1.82, 2.24) is 10.2 Å². The van der Waals surface area contributed by atoms with E-state index in [1.807, 2.05) is 29.2 Å². The van der Waals surface area contributed by atoms with E-state index >= 15 is 0 Å². The second-order valence-electron chi connectivity index (χ2n) is 10.3. The van der Waals surface area contributed by atoms with Gasteiger partial charge in [0.2, 0.25) is 0 Å². The van der Waals surface area contributed by atoms with E-state index in [-0.39, 0.29) is 41.8 Å². The Hall–Kier alpha value is -3.65. The minimum Gasteiger partial charge on any atom is -0.348 e. The van der Waals surface area contributed by atoms with Crippen molar-refractivity contribution in [1.29, 1.82) is 0 Å². The molecule has 0 aromatic heterocycles. The molecule has 4 atom stereocenters. The van der Waals surface area contributed by atoms with Crippen molar-refractivity contribution in [2.24, 2.45) is 11.7 Å². The summed E-state index contributed by atoms with van der Waals surface area (Å²) in [5, 5.41) is 2.89. The lowest BCUT2D eigenvalue weighted by molar-refractivity contribution is 0.0499. The van der Waals surface area contributed by atoms with Crippen LogP contribution in [-0.2, 0) is 13.0 Å². The number of carbonyl (C=O) groups excluding carboxylic acids is 2. The second kappa shape index (κ2) is 11.0. The number of nitrogens with two attached hydrogens (primary N) is 1. The van der Waals surface area contributed by atoms with Gasteiger partial charge in [-0.05, 0) is 79.5 Å².